The molecule has 0 amide bonds. The van der Waals surface area contributed by atoms with E-state index in [1.807, 2.05) is 0 Å². The zero-order valence-electron chi connectivity index (χ0n) is 13.5. The maximum absolute atomic E-state index is 14.5. The third-order valence-electron chi connectivity index (χ3n) is 5.20. The van der Waals surface area contributed by atoms with E-state index in [-0.39, 0.29) is 17.1 Å². The van der Waals surface area contributed by atoms with Gasteiger partial charge in [0, 0.05) is 0 Å². The average Bonchev–Trinajstić information content (AvgIpc) is 2.58. The van der Waals surface area contributed by atoms with Gasteiger partial charge >= 0.3 is 0 Å². The fourth-order valence-electron chi connectivity index (χ4n) is 3.72. The van der Waals surface area contributed by atoms with Crippen LogP contribution in [0, 0.1) is 23.4 Å². The number of halogens is 3. The summed E-state index contributed by atoms with van der Waals surface area (Å²) in [4.78, 5) is 0. The molecule has 3 rings (SSSR count). The van der Waals surface area contributed by atoms with Crippen molar-refractivity contribution in [2.45, 2.75) is 44.9 Å². The lowest BCUT2D eigenvalue weighted by Crippen LogP contribution is -2.14. The van der Waals surface area contributed by atoms with Crippen LogP contribution in [-0.2, 0) is 0 Å². The molecule has 0 radical (unpaired) electrons. The number of rotatable bonds is 3. The first-order valence-electron chi connectivity index (χ1n) is 8.20. The van der Waals surface area contributed by atoms with E-state index in [1.165, 1.54) is 13.2 Å². The molecule has 0 bridgehead atoms. The van der Waals surface area contributed by atoms with Gasteiger partial charge in [0.25, 0.3) is 0 Å². The summed E-state index contributed by atoms with van der Waals surface area (Å²) in [6.07, 6.45) is 4.93. The topological polar surface area (TPSA) is 9.23 Å². The lowest BCUT2D eigenvalue weighted by atomic mass is 9.77. The molecule has 0 aliphatic heterocycles. The van der Waals surface area contributed by atoms with E-state index in [2.05, 4.69) is 6.92 Å². The fraction of sp³-hybridized carbons (Fsp3) is 0.474. The van der Waals surface area contributed by atoms with E-state index in [9.17, 15) is 13.2 Å². The molecular weight excluding hydrogens is 301 g/mol. The Hall–Kier alpha value is -1.71. The van der Waals surface area contributed by atoms with E-state index < -0.39 is 17.5 Å². The van der Waals surface area contributed by atoms with E-state index >= 15 is 0 Å². The number of ether oxygens (including phenoxy) is 1. The molecule has 1 fully saturated rings. The minimum Gasteiger partial charge on any atom is -0.494 e. The van der Waals surface area contributed by atoms with Gasteiger partial charge in [-0.2, -0.15) is 0 Å². The predicted molar refractivity (Wildman–Crippen MR) is 85.4 cm³/mol. The number of fused-ring (bicyclic) bond motifs is 1. The first-order chi connectivity index (χ1) is 11.1. The Morgan fingerprint density at radius 3 is 2.30 bits per heavy atom. The molecule has 1 nitrogen and oxygen atoms in total. The second kappa shape index (κ2) is 6.42. The van der Waals surface area contributed by atoms with Crippen molar-refractivity contribution >= 4 is 10.8 Å². The normalized spacial score (nSPS) is 21.6. The van der Waals surface area contributed by atoms with Gasteiger partial charge in [-0.3, -0.25) is 0 Å². The summed E-state index contributed by atoms with van der Waals surface area (Å²) < 4.78 is 48.1. The fourth-order valence-corrected chi connectivity index (χ4v) is 3.72. The SMILES string of the molecule is CCC1CCC(c2cc3ccc(OC)c(F)c3c(F)c2F)CC1. The van der Waals surface area contributed by atoms with Crippen molar-refractivity contribution < 1.29 is 17.9 Å². The molecule has 23 heavy (non-hydrogen) atoms. The third-order valence-corrected chi connectivity index (χ3v) is 5.20. The molecule has 0 aromatic heterocycles. The Kier molecular flexibility index (Phi) is 4.51. The summed E-state index contributed by atoms with van der Waals surface area (Å²) in [5, 5.41) is 0.0580. The van der Waals surface area contributed by atoms with Crippen molar-refractivity contribution in [2.24, 2.45) is 5.92 Å². The van der Waals surface area contributed by atoms with Crippen LogP contribution in [0.1, 0.15) is 50.5 Å². The summed E-state index contributed by atoms with van der Waals surface area (Å²) in [5.74, 6) is -2.24. The molecule has 0 unspecified atom stereocenters. The lowest BCUT2D eigenvalue weighted by Gasteiger charge is -2.28. The second-order valence-electron chi connectivity index (χ2n) is 6.40. The molecule has 0 spiro atoms. The van der Waals surface area contributed by atoms with Gasteiger partial charge in [0.2, 0.25) is 0 Å². The maximum Gasteiger partial charge on any atom is 0.175 e. The Morgan fingerprint density at radius 2 is 1.70 bits per heavy atom. The highest BCUT2D eigenvalue weighted by molar-refractivity contribution is 5.86. The predicted octanol–water partition coefficient (Wildman–Crippen LogP) is 5.95. The van der Waals surface area contributed by atoms with E-state index in [1.54, 1.807) is 12.1 Å². The van der Waals surface area contributed by atoms with Crippen molar-refractivity contribution in [1.82, 2.24) is 0 Å². The molecular formula is C19H21F3O. The number of hydrogen-bond donors (Lipinski definition) is 0. The Balaban J connectivity index is 2.05. The Bertz CT molecular complexity index is 718. The summed E-state index contributed by atoms with van der Waals surface area (Å²) in [6.45, 7) is 2.16. The standard InChI is InChI=1S/C19H21F3O/c1-3-11-4-6-12(7-5-11)14-10-13-8-9-15(23-2)18(21)16(13)19(22)17(14)20/h8-12H,3-7H2,1-2H3. The zero-order chi connectivity index (χ0) is 16.6. The number of methoxy groups -OCH3 is 1. The van der Waals surface area contributed by atoms with Crippen molar-refractivity contribution in [1.29, 1.82) is 0 Å². The summed E-state index contributed by atoms with van der Waals surface area (Å²) in [6, 6.07) is 4.64. The van der Waals surface area contributed by atoms with Gasteiger partial charge in [-0.25, -0.2) is 13.2 Å². The largest absolute Gasteiger partial charge is 0.494 e. The molecule has 124 valence electrons. The lowest BCUT2D eigenvalue weighted by molar-refractivity contribution is 0.313. The molecule has 0 N–H and O–H groups in total. The third kappa shape index (κ3) is 2.79. The van der Waals surface area contributed by atoms with Crippen LogP contribution in [0.3, 0.4) is 0 Å². The first-order valence-corrected chi connectivity index (χ1v) is 8.20. The molecule has 0 saturated heterocycles. The zero-order valence-corrected chi connectivity index (χ0v) is 13.5. The van der Waals surface area contributed by atoms with Gasteiger partial charge in [0.05, 0.1) is 12.5 Å². The van der Waals surface area contributed by atoms with E-state index in [0.29, 0.717) is 16.9 Å². The van der Waals surface area contributed by atoms with Crippen LogP contribution in [-0.4, -0.2) is 7.11 Å². The maximum atomic E-state index is 14.5. The number of benzene rings is 2. The summed E-state index contributed by atoms with van der Waals surface area (Å²) >= 11 is 0. The van der Waals surface area contributed by atoms with Crippen LogP contribution < -0.4 is 4.74 Å². The van der Waals surface area contributed by atoms with Crippen LogP contribution in [0.25, 0.3) is 10.8 Å². The van der Waals surface area contributed by atoms with Crippen LogP contribution >= 0.6 is 0 Å². The van der Waals surface area contributed by atoms with E-state index in [4.69, 9.17) is 4.74 Å². The van der Waals surface area contributed by atoms with Gasteiger partial charge in [-0.1, -0.05) is 19.4 Å². The average molecular weight is 322 g/mol. The Labute approximate surface area is 134 Å². The number of hydrogen-bond acceptors (Lipinski definition) is 1. The van der Waals surface area contributed by atoms with E-state index in [0.717, 1.165) is 32.1 Å². The highest BCUT2D eigenvalue weighted by Crippen LogP contribution is 2.40. The molecule has 1 aliphatic rings. The van der Waals surface area contributed by atoms with Gasteiger partial charge in [0.15, 0.2) is 23.2 Å². The minimum atomic E-state index is -1.11. The van der Waals surface area contributed by atoms with Crippen LogP contribution in [0.4, 0.5) is 13.2 Å². The molecule has 1 saturated carbocycles. The summed E-state index contributed by atoms with van der Waals surface area (Å²) in [5.41, 5.74) is 0.383. The monoisotopic (exact) mass is 322 g/mol. The highest BCUT2D eigenvalue weighted by Gasteiger charge is 2.27. The Morgan fingerprint density at radius 1 is 1.00 bits per heavy atom. The molecule has 1 aliphatic carbocycles. The quantitative estimate of drug-likeness (QED) is 0.678. The van der Waals surface area contributed by atoms with Gasteiger partial charge in [0.1, 0.15) is 0 Å². The van der Waals surface area contributed by atoms with Crippen LogP contribution in [0.15, 0.2) is 18.2 Å². The van der Waals surface area contributed by atoms with Crippen LogP contribution in [0.5, 0.6) is 5.75 Å². The van der Waals surface area contributed by atoms with Gasteiger partial charge < -0.3 is 4.74 Å². The van der Waals surface area contributed by atoms with Crippen molar-refractivity contribution in [3.05, 3.63) is 41.2 Å². The van der Waals surface area contributed by atoms with Crippen molar-refractivity contribution in [3.8, 4) is 5.75 Å². The minimum absolute atomic E-state index is 0.0156. The van der Waals surface area contributed by atoms with Crippen molar-refractivity contribution in [3.63, 3.8) is 0 Å². The van der Waals surface area contributed by atoms with Gasteiger partial charge in [-0.05, 0) is 60.6 Å². The van der Waals surface area contributed by atoms with Crippen molar-refractivity contribution in [2.75, 3.05) is 7.11 Å². The molecule has 2 aromatic carbocycles. The summed E-state index contributed by atoms with van der Waals surface area (Å²) in [7, 11) is 1.30. The first kappa shape index (κ1) is 16.2. The molecule has 4 heteroatoms. The smallest absolute Gasteiger partial charge is 0.175 e. The molecule has 2 aromatic rings. The molecule has 0 heterocycles. The van der Waals surface area contributed by atoms with Gasteiger partial charge in [-0.15, -0.1) is 0 Å². The second-order valence-corrected chi connectivity index (χ2v) is 6.40. The van der Waals surface area contributed by atoms with Crippen LogP contribution in [0.2, 0.25) is 0 Å². The highest BCUT2D eigenvalue weighted by atomic mass is 19.2. The molecule has 0 atom stereocenters.